The Morgan fingerprint density at radius 3 is 2.80 bits per heavy atom. The molecule has 2 aromatic rings. The van der Waals surface area contributed by atoms with Crippen LogP contribution in [0.25, 0.3) is 11.3 Å². The number of aryl methyl sites for hydroxylation is 2. The summed E-state index contributed by atoms with van der Waals surface area (Å²) in [4.78, 5) is 15.2. The van der Waals surface area contributed by atoms with Crippen molar-refractivity contribution in [3.05, 3.63) is 41.9 Å². The summed E-state index contributed by atoms with van der Waals surface area (Å²) in [6.45, 7) is 1.97. The first-order valence-electron chi connectivity index (χ1n) is 4.75. The smallest absolute Gasteiger partial charge is 0.150 e. The highest BCUT2D eigenvalue weighted by Gasteiger charge is 2.06. The van der Waals surface area contributed by atoms with E-state index in [1.54, 1.807) is 6.33 Å². The largest absolute Gasteiger partial charge is 0.340 e. The van der Waals surface area contributed by atoms with Gasteiger partial charge in [0.05, 0.1) is 12.0 Å². The zero-order chi connectivity index (χ0) is 10.8. The second-order valence-corrected chi connectivity index (χ2v) is 3.63. The van der Waals surface area contributed by atoms with Crippen molar-refractivity contribution < 1.29 is 4.79 Å². The van der Waals surface area contributed by atoms with Crippen molar-refractivity contribution in [2.45, 2.75) is 6.92 Å². The molecule has 0 aliphatic rings. The maximum Gasteiger partial charge on any atom is 0.150 e. The maximum atomic E-state index is 10.9. The third-order valence-corrected chi connectivity index (χ3v) is 2.31. The van der Waals surface area contributed by atoms with E-state index in [9.17, 15) is 4.79 Å². The SMILES string of the molecule is Cc1ccc(-c2cn(C)cn2)c(C=O)c1. The van der Waals surface area contributed by atoms with Gasteiger partial charge in [0.1, 0.15) is 0 Å². The number of hydrogen-bond donors (Lipinski definition) is 0. The van der Waals surface area contributed by atoms with Gasteiger partial charge in [-0.1, -0.05) is 17.7 Å². The lowest BCUT2D eigenvalue weighted by molar-refractivity contribution is 0.112. The molecule has 0 aliphatic carbocycles. The topological polar surface area (TPSA) is 34.9 Å². The molecule has 76 valence electrons. The Morgan fingerprint density at radius 2 is 2.20 bits per heavy atom. The van der Waals surface area contributed by atoms with Crippen molar-refractivity contribution >= 4 is 6.29 Å². The monoisotopic (exact) mass is 200 g/mol. The summed E-state index contributed by atoms with van der Waals surface area (Å²) in [5.41, 5.74) is 3.49. The second-order valence-electron chi connectivity index (χ2n) is 3.63. The van der Waals surface area contributed by atoms with Gasteiger partial charge in [-0.15, -0.1) is 0 Å². The van der Waals surface area contributed by atoms with Crippen LogP contribution in [0, 0.1) is 6.92 Å². The molecule has 1 heterocycles. The zero-order valence-electron chi connectivity index (χ0n) is 8.77. The number of nitrogens with zero attached hydrogens (tertiary/aromatic N) is 2. The van der Waals surface area contributed by atoms with E-state index < -0.39 is 0 Å². The minimum absolute atomic E-state index is 0.689. The number of carbonyl (C=O) groups is 1. The molecule has 1 aromatic heterocycles. The van der Waals surface area contributed by atoms with Crippen LogP contribution in [-0.4, -0.2) is 15.8 Å². The van der Waals surface area contributed by atoms with Crippen LogP contribution in [0.5, 0.6) is 0 Å². The van der Waals surface area contributed by atoms with Gasteiger partial charge in [0.25, 0.3) is 0 Å². The molecule has 0 saturated carbocycles. The van der Waals surface area contributed by atoms with Crippen LogP contribution in [0.3, 0.4) is 0 Å². The fourth-order valence-corrected chi connectivity index (χ4v) is 1.56. The van der Waals surface area contributed by atoms with Gasteiger partial charge in [-0.2, -0.15) is 0 Å². The van der Waals surface area contributed by atoms with Crippen LogP contribution in [0.2, 0.25) is 0 Å². The summed E-state index contributed by atoms with van der Waals surface area (Å²) in [7, 11) is 1.91. The molecule has 2 rings (SSSR count). The summed E-state index contributed by atoms with van der Waals surface area (Å²) in [6, 6.07) is 5.79. The lowest BCUT2D eigenvalue weighted by Gasteiger charge is -2.02. The minimum atomic E-state index is 0.689. The summed E-state index contributed by atoms with van der Waals surface area (Å²) in [5.74, 6) is 0. The molecule has 0 bridgehead atoms. The molecule has 0 saturated heterocycles. The first-order chi connectivity index (χ1) is 7.20. The van der Waals surface area contributed by atoms with E-state index in [1.165, 1.54) is 0 Å². The molecule has 0 fully saturated rings. The van der Waals surface area contributed by atoms with Crippen molar-refractivity contribution in [1.82, 2.24) is 9.55 Å². The number of aromatic nitrogens is 2. The fourth-order valence-electron chi connectivity index (χ4n) is 1.56. The lowest BCUT2D eigenvalue weighted by atomic mass is 10.0. The predicted molar refractivity (Wildman–Crippen MR) is 58.8 cm³/mol. The second kappa shape index (κ2) is 3.69. The van der Waals surface area contributed by atoms with Gasteiger partial charge in [-0.25, -0.2) is 4.98 Å². The Morgan fingerprint density at radius 1 is 1.40 bits per heavy atom. The van der Waals surface area contributed by atoms with Gasteiger partial charge >= 0.3 is 0 Å². The lowest BCUT2D eigenvalue weighted by Crippen LogP contribution is -1.88. The van der Waals surface area contributed by atoms with Gasteiger partial charge in [0.15, 0.2) is 6.29 Å². The van der Waals surface area contributed by atoms with Crippen LogP contribution in [-0.2, 0) is 7.05 Å². The van der Waals surface area contributed by atoms with E-state index in [0.717, 1.165) is 23.1 Å². The third kappa shape index (κ3) is 1.81. The average Bonchev–Trinajstić information content (AvgIpc) is 2.64. The summed E-state index contributed by atoms with van der Waals surface area (Å²) in [6.07, 6.45) is 4.50. The molecule has 3 heteroatoms. The van der Waals surface area contributed by atoms with E-state index in [4.69, 9.17) is 0 Å². The molecular formula is C12H12N2O. The van der Waals surface area contributed by atoms with Gasteiger partial charge in [0, 0.05) is 24.4 Å². The van der Waals surface area contributed by atoms with Gasteiger partial charge < -0.3 is 4.57 Å². The van der Waals surface area contributed by atoms with Crippen LogP contribution in [0.4, 0.5) is 0 Å². The zero-order valence-corrected chi connectivity index (χ0v) is 8.77. The van der Waals surface area contributed by atoms with Gasteiger partial charge in [-0.3, -0.25) is 4.79 Å². The number of imidazole rings is 1. The molecular weight excluding hydrogens is 188 g/mol. The highest BCUT2D eigenvalue weighted by atomic mass is 16.1. The van der Waals surface area contributed by atoms with Crippen LogP contribution < -0.4 is 0 Å². The number of carbonyl (C=O) groups excluding carboxylic acids is 1. The minimum Gasteiger partial charge on any atom is -0.340 e. The fraction of sp³-hybridized carbons (Fsp3) is 0.167. The summed E-state index contributed by atoms with van der Waals surface area (Å²) >= 11 is 0. The molecule has 15 heavy (non-hydrogen) atoms. The molecule has 0 N–H and O–H groups in total. The maximum absolute atomic E-state index is 10.9. The van der Waals surface area contributed by atoms with Gasteiger partial charge in [0.2, 0.25) is 0 Å². The first kappa shape index (κ1) is 9.65. The Kier molecular flexibility index (Phi) is 2.37. The number of hydrogen-bond acceptors (Lipinski definition) is 2. The number of aldehydes is 1. The Labute approximate surface area is 88.4 Å². The summed E-state index contributed by atoms with van der Waals surface area (Å²) in [5, 5.41) is 0. The Hall–Kier alpha value is -1.90. The number of benzene rings is 1. The van der Waals surface area contributed by atoms with Crippen molar-refractivity contribution in [3.63, 3.8) is 0 Å². The van der Waals surface area contributed by atoms with E-state index in [2.05, 4.69) is 4.98 Å². The van der Waals surface area contributed by atoms with Crippen molar-refractivity contribution in [2.75, 3.05) is 0 Å². The van der Waals surface area contributed by atoms with E-state index in [0.29, 0.717) is 5.56 Å². The van der Waals surface area contributed by atoms with Gasteiger partial charge in [-0.05, 0) is 13.0 Å². The van der Waals surface area contributed by atoms with Crippen molar-refractivity contribution in [3.8, 4) is 11.3 Å². The molecule has 1 aromatic carbocycles. The average molecular weight is 200 g/mol. The molecule has 0 radical (unpaired) electrons. The first-order valence-corrected chi connectivity index (χ1v) is 4.75. The Bertz CT molecular complexity index is 500. The highest BCUT2D eigenvalue weighted by molar-refractivity contribution is 5.86. The molecule has 0 spiro atoms. The molecule has 0 unspecified atom stereocenters. The quantitative estimate of drug-likeness (QED) is 0.696. The molecule has 0 aliphatic heterocycles. The van der Waals surface area contributed by atoms with Crippen molar-refractivity contribution in [1.29, 1.82) is 0 Å². The summed E-state index contributed by atoms with van der Waals surface area (Å²) < 4.78 is 1.86. The third-order valence-electron chi connectivity index (χ3n) is 2.31. The number of rotatable bonds is 2. The molecule has 3 nitrogen and oxygen atoms in total. The van der Waals surface area contributed by atoms with Crippen molar-refractivity contribution in [2.24, 2.45) is 7.05 Å². The van der Waals surface area contributed by atoms with Crippen LogP contribution in [0.15, 0.2) is 30.7 Å². The Balaban J connectivity index is 2.57. The van der Waals surface area contributed by atoms with Crippen LogP contribution in [0.1, 0.15) is 15.9 Å². The predicted octanol–water partition coefficient (Wildman–Crippen LogP) is 2.21. The van der Waals surface area contributed by atoms with Crippen LogP contribution >= 0.6 is 0 Å². The highest BCUT2D eigenvalue weighted by Crippen LogP contribution is 2.21. The normalized spacial score (nSPS) is 10.3. The molecule has 0 atom stereocenters. The van der Waals surface area contributed by atoms with E-state index >= 15 is 0 Å². The van der Waals surface area contributed by atoms with E-state index in [1.807, 2.05) is 42.9 Å². The standard InChI is InChI=1S/C12H12N2O/c1-9-3-4-11(10(5-9)7-15)12-6-14(2)8-13-12/h3-8H,1-2H3. The molecule has 0 amide bonds. The van der Waals surface area contributed by atoms with E-state index in [-0.39, 0.29) is 0 Å².